The minimum absolute atomic E-state index is 0.193. The molecule has 0 amide bonds. The van der Waals surface area contributed by atoms with Gasteiger partial charge in [0.2, 0.25) is 5.16 Å². The minimum atomic E-state index is -2.88. The molecule has 0 aliphatic rings. The summed E-state index contributed by atoms with van der Waals surface area (Å²) in [6.07, 6.45) is 1.83. The third-order valence-corrected chi connectivity index (χ3v) is 3.80. The van der Waals surface area contributed by atoms with Gasteiger partial charge in [0.1, 0.15) is 9.84 Å². The van der Waals surface area contributed by atoms with Gasteiger partial charge in [-0.05, 0) is 16.8 Å². The third kappa shape index (κ3) is 4.90. The molecule has 0 fully saturated rings. The summed E-state index contributed by atoms with van der Waals surface area (Å²) >= 11 is 1.44. The number of rotatable bonds is 7. The van der Waals surface area contributed by atoms with Gasteiger partial charge in [-0.3, -0.25) is 0 Å². The van der Waals surface area contributed by atoms with Crippen LogP contribution < -0.4 is 5.73 Å². The Morgan fingerprint density at radius 3 is 2.88 bits per heavy atom. The molecule has 0 radical (unpaired) electrons. The first kappa shape index (κ1) is 13.4. The standard InChI is InChI=1S/C7H15N5O2S2/c1-16(13,14)6-2-5-15-7-9-10-11-12(7)4-3-8/h2-6,8H2,1H3. The van der Waals surface area contributed by atoms with Crippen molar-refractivity contribution in [2.75, 3.05) is 24.3 Å². The molecule has 0 spiro atoms. The Hall–Kier alpha value is -0.670. The molecule has 0 aliphatic carbocycles. The van der Waals surface area contributed by atoms with Crippen LogP contribution in [0, 0.1) is 0 Å². The monoisotopic (exact) mass is 265 g/mol. The highest BCUT2D eigenvalue weighted by Gasteiger charge is 2.07. The predicted molar refractivity (Wildman–Crippen MR) is 61.9 cm³/mol. The molecule has 9 heteroatoms. The van der Waals surface area contributed by atoms with E-state index in [1.165, 1.54) is 18.0 Å². The highest BCUT2D eigenvalue weighted by atomic mass is 32.2. The van der Waals surface area contributed by atoms with Crippen molar-refractivity contribution in [3.8, 4) is 0 Å². The molecule has 1 aromatic rings. The number of aromatic nitrogens is 4. The first-order chi connectivity index (χ1) is 7.53. The Labute approximate surface area is 98.7 Å². The Kier molecular flexibility index (Phi) is 5.16. The lowest BCUT2D eigenvalue weighted by molar-refractivity contribution is 0.557. The van der Waals surface area contributed by atoms with Gasteiger partial charge in [0.05, 0.1) is 12.3 Å². The van der Waals surface area contributed by atoms with Gasteiger partial charge in [0.15, 0.2) is 0 Å². The van der Waals surface area contributed by atoms with E-state index in [0.29, 0.717) is 30.4 Å². The van der Waals surface area contributed by atoms with Crippen molar-refractivity contribution in [1.82, 2.24) is 20.2 Å². The molecule has 0 unspecified atom stereocenters. The number of nitrogens with zero attached hydrogens (tertiary/aromatic N) is 4. The van der Waals surface area contributed by atoms with E-state index in [1.54, 1.807) is 4.68 Å². The Bertz CT molecular complexity index is 416. The van der Waals surface area contributed by atoms with E-state index in [4.69, 9.17) is 5.73 Å². The lowest BCUT2D eigenvalue weighted by Crippen LogP contribution is -2.12. The van der Waals surface area contributed by atoms with Crippen LogP contribution in [0.3, 0.4) is 0 Å². The van der Waals surface area contributed by atoms with Gasteiger partial charge in [0.25, 0.3) is 0 Å². The summed E-state index contributed by atoms with van der Waals surface area (Å²) < 4.78 is 23.4. The zero-order valence-electron chi connectivity index (χ0n) is 9.03. The average molecular weight is 265 g/mol. The van der Waals surface area contributed by atoms with E-state index < -0.39 is 9.84 Å². The maximum absolute atomic E-state index is 10.9. The smallest absolute Gasteiger partial charge is 0.209 e. The fourth-order valence-electron chi connectivity index (χ4n) is 1.05. The molecule has 0 atom stereocenters. The maximum Gasteiger partial charge on any atom is 0.209 e. The zero-order valence-corrected chi connectivity index (χ0v) is 10.7. The van der Waals surface area contributed by atoms with Crippen LogP contribution >= 0.6 is 11.8 Å². The van der Waals surface area contributed by atoms with Crippen LogP contribution in [-0.2, 0) is 16.4 Å². The van der Waals surface area contributed by atoms with Crippen LogP contribution in [0.1, 0.15) is 6.42 Å². The van der Waals surface area contributed by atoms with Crippen molar-refractivity contribution >= 4 is 21.6 Å². The van der Waals surface area contributed by atoms with Crippen LogP contribution in [-0.4, -0.2) is 52.9 Å². The molecule has 1 aromatic heterocycles. The number of hydrogen-bond acceptors (Lipinski definition) is 7. The summed E-state index contributed by atoms with van der Waals surface area (Å²) in [5.74, 6) is 0.871. The van der Waals surface area contributed by atoms with Crippen LogP contribution in [0.4, 0.5) is 0 Å². The van der Waals surface area contributed by atoms with E-state index in [9.17, 15) is 8.42 Å². The lowest BCUT2D eigenvalue weighted by atomic mass is 10.6. The second-order valence-electron chi connectivity index (χ2n) is 3.31. The maximum atomic E-state index is 10.9. The second-order valence-corrected chi connectivity index (χ2v) is 6.63. The molecule has 2 N–H and O–H groups in total. The van der Waals surface area contributed by atoms with E-state index in [-0.39, 0.29) is 5.75 Å². The van der Waals surface area contributed by atoms with Crippen molar-refractivity contribution in [2.45, 2.75) is 18.1 Å². The van der Waals surface area contributed by atoms with Crippen LogP contribution in [0.25, 0.3) is 0 Å². The third-order valence-electron chi connectivity index (χ3n) is 1.73. The Morgan fingerprint density at radius 1 is 1.50 bits per heavy atom. The van der Waals surface area contributed by atoms with Crippen molar-refractivity contribution in [1.29, 1.82) is 0 Å². The SMILES string of the molecule is CS(=O)(=O)CCCSc1nnnn1CCN. The average Bonchev–Trinajstić information content (AvgIpc) is 2.60. The normalized spacial score (nSPS) is 11.9. The number of sulfone groups is 1. The van der Waals surface area contributed by atoms with Crippen LogP contribution in [0.15, 0.2) is 5.16 Å². The zero-order chi connectivity index (χ0) is 12.0. The molecule has 0 aromatic carbocycles. The van der Waals surface area contributed by atoms with E-state index in [1.807, 2.05) is 0 Å². The second kappa shape index (κ2) is 6.16. The van der Waals surface area contributed by atoms with Crippen molar-refractivity contribution < 1.29 is 8.42 Å². The van der Waals surface area contributed by atoms with Crippen molar-refractivity contribution in [3.05, 3.63) is 0 Å². The molecule has 16 heavy (non-hydrogen) atoms. The fourth-order valence-corrected chi connectivity index (χ4v) is 2.74. The van der Waals surface area contributed by atoms with Gasteiger partial charge in [0, 0.05) is 18.6 Å². The summed E-state index contributed by atoms with van der Waals surface area (Å²) in [7, 11) is -2.88. The van der Waals surface area contributed by atoms with Gasteiger partial charge in [-0.2, -0.15) is 0 Å². The topological polar surface area (TPSA) is 104 Å². The van der Waals surface area contributed by atoms with Crippen molar-refractivity contribution in [3.63, 3.8) is 0 Å². The van der Waals surface area contributed by atoms with E-state index >= 15 is 0 Å². The Balaban J connectivity index is 2.34. The van der Waals surface area contributed by atoms with Gasteiger partial charge < -0.3 is 5.73 Å². The summed E-state index contributed by atoms with van der Waals surface area (Å²) in [4.78, 5) is 0. The number of nitrogens with two attached hydrogens (primary N) is 1. The molecule has 1 rings (SSSR count). The van der Waals surface area contributed by atoms with Gasteiger partial charge in [-0.1, -0.05) is 11.8 Å². The lowest BCUT2D eigenvalue weighted by Gasteiger charge is -2.01. The highest BCUT2D eigenvalue weighted by molar-refractivity contribution is 7.99. The molecule has 7 nitrogen and oxygen atoms in total. The summed E-state index contributed by atoms with van der Waals surface area (Å²) in [5, 5.41) is 11.8. The van der Waals surface area contributed by atoms with E-state index in [2.05, 4.69) is 15.5 Å². The van der Waals surface area contributed by atoms with Crippen molar-refractivity contribution in [2.24, 2.45) is 5.73 Å². The molecule has 0 bridgehead atoms. The molecule has 0 saturated carbocycles. The number of hydrogen-bond donors (Lipinski definition) is 1. The minimum Gasteiger partial charge on any atom is -0.329 e. The predicted octanol–water partition coefficient (Wildman–Crippen LogP) is -0.841. The van der Waals surface area contributed by atoms with E-state index in [0.717, 1.165) is 0 Å². The van der Waals surface area contributed by atoms with Gasteiger partial charge >= 0.3 is 0 Å². The number of thioether (sulfide) groups is 1. The highest BCUT2D eigenvalue weighted by Crippen LogP contribution is 2.14. The molecule has 1 heterocycles. The first-order valence-electron chi connectivity index (χ1n) is 4.79. The molecular weight excluding hydrogens is 250 g/mol. The summed E-state index contributed by atoms with van der Waals surface area (Å²) in [6, 6.07) is 0. The van der Waals surface area contributed by atoms with Gasteiger partial charge in [-0.15, -0.1) is 5.10 Å². The summed E-state index contributed by atoms with van der Waals surface area (Å²) in [5.41, 5.74) is 5.40. The molecular formula is C7H15N5O2S2. The summed E-state index contributed by atoms with van der Waals surface area (Å²) in [6.45, 7) is 1.04. The quantitative estimate of drug-likeness (QED) is 0.506. The van der Waals surface area contributed by atoms with Crippen LogP contribution in [0.2, 0.25) is 0 Å². The first-order valence-corrected chi connectivity index (χ1v) is 7.84. The largest absolute Gasteiger partial charge is 0.329 e. The molecule has 92 valence electrons. The molecule has 0 saturated heterocycles. The number of tetrazole rings is 1. The molecule has 0 aliphatic heterocycles. The van der Waals surface area contributed by atoms with Crippen LogP contribution in [0.5, 0.6) is 0 Å². The van der Waals surface area contributed by atoms with Gasteiger partial charge in [-0.25, -0.2) is 13.1 Å². The fraction of sp³-hybridized carbons (Fsp3) is 0.857. The Morgan fingerprint density at radius 2 is 2.25 bits per heavy atom.